The molecule has 0 aliphatic carbocycles. The van der Waals surface area contributed by atoms with Gasteiger partial charge in [0.25, 0.3) is 5.91 Å². The van der Waals surface area contributed by atoms with Crippen molar-refractivity contribution in [3.63, 3.8) is 0 Å². The van der Waals surface area contributed by atoms with Crippen molar-refractivity contribution in [1.82, 2.24) is 20.3 Å². The molecule has 7 heteroatoms. The maximum atomic E-state index is 12.7. The van der Waals surface area contributed by atoms with E-state index in [9.17, 15) is 4.79 Å². The van der Waals surface area contributed by atoms with Crippen molar-refractivity contribution in [2.75, 3.05) is 7.11 Å². The molecule has 0 spiro atoms. The molecule has 2 heterocycles. The van der Waals surface area contributed by atoms with E-state index in [4.69, 9.17) is 9.47 Å². The van der Waals surface area contributed by atoms with Crippen molar-refractivity contribution in [2.45, 2.75) is 45.6 Å². The fourth-order valence-corrected chi connectivity index (χ4v) is 3.49. The van der Waals surface area contributed by atoms with E-state index in [1.807, 2.05) is 36.4 Å². The molecule has 7 nitrogen and oxygen atoms in total. The Hall–Kier alpha value is -3.19. The summed E-state index contributed by atoms with van der Waals surface area (Å²) in [5.41, 5.74) is 4.38. The van der Waals surface area contributed by atoms with Gasteiger partial charge < -0.3 is 14.8 Å². The molecular formula is C23H26N4O3. The topological polar surface area (TPSA) is 78.3 Å². The predicted octanol–water partition coefficient (Wildman–Crippen LogP) is 3.61. The van der Waals surface area contributed by atoms with Crippen molar-refractivity contribution in [3.05, 3.63) is 76.6 Å². The van der Waals surface area contributed by atoms with Crippen LogP contribution in [-0.2, 0) is 24.4 Å². The fourth-order valence-electron chi connectivity index (χ4n) is 3.49. The minimum Gasteiger partial charge on any atom is -0.497 e. The Morgan fingerprint density at radius 3 is 2.60 bits per heavy atom. The second-order valence-electron chi connectivity index (χ2n) is 7.72. The molecule has 2 aromatic carbocycles. The third kappa shape index (κ3) is 4.21. The Bertz CT molecular complexity index is 1010. The lowest BCUT2D eigenvalue weighted by Gasteiger charge is -2.24. The summed E-state index contributed by atoms with van der Waals surface area (Å²) in [4.78, 5) is 12.7. The zero-order valence-electron chi connectivity index (χ0n) is 17.5. The number of hydrogen-bond acceptors (Lipinski definition) is 5. The first-order chi connectivity index (χ1) is 14.5. The van der Waals surface area contributed by atoms with Crippen LogP contribution in [0.5, 0.6) is 5.75 Å². The lowest BCUT2D eigenvalue weighted by molar-refractivity contribution is -0.00179. The SMILES string of the molecule is COc1ccc([C@@H]2Cn3nnc(C(=O)NCc4ccc(C(C)C)cc4)c3CO2)cc1. The van der Waals surface area contributed by atoms with Crippen LogP contribution in [0.3, 0.4) is 0 Å². The highest BCUT2D eigenvalue weighted by molar-refractivity contribution is 5.93. The number of nitrogens with one attached hydrogen (secondary N) is 1. The Balaban J connectivity index is 1.39. The number of benzene rings is 2. The van der Waals surface area contributed by atoms with Gasteiger partial charge in [0.05, 0.1) is 26.0 Å². The van der Waals surface area contributed by atoms with E-state index in [-0.39, 0.29) is 18.6 Å². The smallest absolute Gasteiger partial charge is 0.274 e. The van der Waals surface area contributed by atoms with E-state index in [0.29, 0.717) is 30.4 Å². The number of rotatable bonds is 6. The van der Waals surface area contributed by atoms with E-state index in [2.05, 4.69) is 41.6 Å². The summed E-state index contributed by atoms with van der Waals surface area (Å²) in [6, 6.07) is 16.0. The molecular weight excluding hydrogens is 380 g/mol. The molecule has 4 rings (SSSR count). The molecule has 0 saturated heterocycles. The predicted molar refractivity (Wildman–Crippen MR) is 112 cm³/mol. The highest BCUT2D eigenvalue weighted by Gasteiger charge is 2.27. The lowest BCUT2D eigenvalue weighted by atomic mass is 10.0. The minimum atomic E-state index is -0.240. The largest absolute Gasteiger partial charge is 0.497 e. The molecule has 1 N–H and O–H groups in total. The normalized spacial score (nSPS) is 15.7. The Labute approximate surface area is 176 Å². The van der Waals surface area contributed by atoms with Gasteiger partial charge in [0.2, 0.25) is 0 Å². The number of hydrogen-bond donors (Lipinski definition) is 1. The van der Waals surface area contributed by atoms with Gasteiger partial charge in [-0.25, -0.2) is 4.68 Å². The molecule has 0 unspecified atom stereocenters. The van der Waals surface area contributed by atoms with Gasteiger partial charge in [-0.1, -0.05) is 55.5 Å². The molecule has 0 fully saturated rings. The first-order valence-electron chi connectivity index (χ1n) is 10.1. The van der Waals surface area contributed by atoms with Crippen LogP contribution in [-0.4, -0.2) is 28.0 Å². The molecule has 1 aromatic heterocycles. The number of methoxy groups -OCH3 is 1. The molecule has 1 amide bonds. The molecule has 0 saturated carbocycles. The van der Waals surface area contributed by atoms with Crippen LogP contribution >= 0.6 is 0 Å². The van der Waals surface area contributed by atoms with Crippen molar-refractivity contribution in [1.29, 1.82) is 0 Å². The van der Waals surface area contributed by atoms with E-state index >= 15 is 0 Å². The molecule has 156 valence electrons. The summed E-state index contributed by atoms with van der Waals surface area (Å²) in [6.07, 6.45) is -0.138. The fraction of sp³-hybridized carbons (Fsp3) is 0.348. The van der Waals surface area contributed by atoms with Crippen molar-refractivity contribution >= 4 is 5.91 Å². The summed E-state index contributed by atoms with van der Waals surface area (Å²) in [6.45, 7) is 5.56. The van der Waals surface area contributed by atoms with Crippen LogP contribution < -0.4 is 10.1 Å². The van der Waals surface area contributed by atoms with Gasteiger partial charge in [-0.2, -0.15) is 0 Å². The van der Waals surface area contributed by atoms with Gasteiger partial charge in [0.15, 0.2) is 5.69 Å². The molecule has 1 atom stereocenters. The number of nitrogens with zero attached hydrogens (tertiary/aromatic N) is 3. The maximum Gasteiger partial charge on any atom is 0.274 e. The second-order valence-corrected chi connectivity index (χ2v) is 7.72. The van der Waals surface area contributed by atoms with Gasteiger partial charge in [-0.15, -0.1) is 5.10 Å². The Morgan fingerprint density at radius 2 is 1.93 bits per heavy atom. The quantitative estimate of drug-likeness (QED) is 0.677. The monoisotopic (exact) mass is 406 g/mol. The number of ether oxygens (including phenoxy) is 2. The van der Waals surface area contributed by atoms with Crippen LogP contribution in [0.1, 0.15) is 58.7 Å². The van der Waals surface area contributed by atoms with Gasteiger partial charge in [0, 0.05) is 6.54 Å². The van der Waals surface area contributed by atoms with Crippen LogP contribution in [0, 0.1) is 0 Å². The number of amides is 1. The molecule has 0 radical (unpaired) electrons. The number of aromatic nitrogens is 3. The van der Waals surface area contributed by atoms with Gasteiger partial charge >= 0.3 is 0 Å². The number of carbonyl (C=O) groups excluding carboxylic acids is 1. The van der Waals surface area contributed by atoms with Crippen LogP contribution in [0.4, 0.5) is 0 Å². The van der Waals surface area contributed by atoms with Gasteiger partial charge in [0.1, 0.15) is 11.9 Å². The molecule has 3 aromatic rings. The van der Waals surface area contributed by atoms with Crippen molar-refractivity contribution < 1.29 is 14.3 Å². The Kier molecular flexibility index (Phi) is 5.81. The average Bonchev–Trinajstić information content (AvgIpc) is 3.21. The summed E-state index contributed by atoms with van der Waals surface area (Å²) in [5.74, 6) is 1.04. The highest BCUT2D eigenvalue weighted by Crippen LogP contribution is 2.28. The Morgan fingerprint density at radius 1 is 1.20 bits per heavy atom. The third-order valence-corrected chi connectivity index (χ3v) is 5.40. The first-order valence-corrected chi connectivity index (χ1v) is 10.1. The summed E-state index contributed by atoms with van der Waals surface area (Å²) >= 11 is 0. The van der Waals surface area contributed by atoms with Gasteiger partial charge in [-0.3, -0.25) is 4.79 Å². The maximum absolute atomic E-state index is 12.7. The van der Waals surface area contributed by atoms with E-state index < -0.39 is 0 Å². The zero-order valence-corrected chi connectivity index (χ0v) is 17.5. The third-order valence-electron chi connectivity index (χ3n) is 5.40. The summed E-state index contributed by atoms with van der Waals surface area (Å²) < 4.78 is 12.9. The van der Waals surface area contributed by atoms with Gasteiger partial charge in [-0.05, 0) is 34.7 Å². The number of carbonyl (C=O) groups is 1. The van der Waals surface area contributed by atoms with Crippen molar-refractivity contribution in [3.8, 4) is 5.75 Å². The van der Waals surface area contributed by atoms with E-state index in [1.54, 1.807) is 11.8 Å². The molecule has 30 heavy (non-hydrogen) atoms. The van der Waals surface area contributed by atoms with Crippen LogP contribution in [0.25, 0.3) is 0 Å². The van der Waals surface area contributed by atoms with Crippen molar-refractivity contribution in [2.24, 2.45) is 0 Å². The summed E-state index contributed by atoms with van der Waals surface area (Å²) in [7, 11) is 1.64. The summed E-state index contributed by atoms with van der Waals surface area (Å²) in [5, 5.41) is 11.2. The second kappa shape index (κ2) is 8.67. The first kappa shape index (κ1) is 20.1. The van der Waals surface area contributed by atoms with Crippen LogP contribution in [0.2, 0.25) is 0 Å². The number of fused-ring (bicyclic) bond motifs is 1. The molecule has 0 bridgehead atoms. The molecule has 1 aliphatic rings. The lowest BCUT2D eigenvalue weighted by Crippen LogP contribution is -2.27. The minimum absolute atomic E-state index is 0.138. The standard InChI is InChI=1S/C23H26N4O3/c1-15(2)17-6-4-16(5-7-17)12-24-23(28)22-20-14-30-21(13-27(20)26-25-22)18-8-10-19(29-3)11-9-18/h4-11,15,21H,12-14H2,1-3H3,(H,24,28)/t21-/m0/s1. The van der Waals surface area contributed by atoms with E-state index in [0.717, 1.165) is 16.9 Å². The van der Waals surface area contributed by atoms with Crippen LogP contribution in [0.15, 0.2) is 48.5 Å². The zero-order chi connectivity index (χ0) is 21.1. The highest BCUT2D eigenvalue weighted by atomic mass is 16.5. The van der Waals surface area contributed by atoms with E-state index in [1.165, 1.54) is 5.56 Å². The average molecular weight is 406 g/mol. The molecule has 1 aliphatic heterocycles.